The molecule has 3 N–H and O–H groups in total. The second-order valence-electron chi connectivity index (χ2n) is 15.2. The Morgan fingerprint density at radius 3 is 2.48 bits per heavy atom. The van der Waals surface area contributed by atoms with Crippen LogP contribution in [0.5, 0.6) is 5.75 Å². The maximum atomic E-state index is 13.3. The van der Waals surface area contributed by atoms with Gasteiger partial charge in [-0.2, -0.15) is 0 Å². The van der Waals surface area contributed by atoms with E-state index in [-0.39, 0.29) is 30.6 Å². The van der Waals surface area contributed by atoms with Gasteiger partial charge in [0, 0.05) is 76.1 Å². The van der Waals surface area contributed by atoms with E-state index >= 15 is 0 Å². The molecule has 15 nitrogen and oxygen atoms in total. The topological polar surface area (TPSA) is 164 Å². The summed E-state index contributed by atoms with van der Waals surface area (Å²) in [7, 11) is 0. The zero-order valence-electron chi connectivity index (χ0n) is 30.2. The molecule has 3 aromatic rings. The number of aromatic hydroxyl groups is 1. The van der Waals surface area contributed by atoms with Gasteiger partial charge >= 0.3 is 0 Å². The molecule has 0 spiro atoms. The van der Waals surface area contributed by atoms with E-state index in [1.54, 1.807) is 18.2 Å². The third-order valence-corrected chi connectivity index (χ3v) is 12.0. The molecule has 4 amide bonds. The maximum Gasteiger partial charge on any atom is 0.262 e. The number of imide groups is 2. The standard InChI is InChI=1S/C39H45N9O6/c49-34-4-2-1-3-29(34)31-20-33-36(43-42-31)40-21-26-23-46(15-16-47(26)33)25-9-12-44(22-25)17-18-54-27-10-13-45(14-11-27)24-5-6-28-30(19-24)39(53)48(38(28)52)32-7-8-35(50)41-37(32)51/h1-6,19-20,25-27,32,49H,7-18,21-23H2,(H,40,43)(H,41,50,51). The normalized spacial score (nSPS) is 25.0. The number of likely N-dealkylation sites (tertiary alicyclic amines) is 1. The number of nitrogens with zero attached hydrogens (tertiary/aromatic N) is 7. The molecular weight excluding hydrogens is 690 g/mol. The molecule has 3 unspecified atom stereocenters. The van der Waals surface area contributed by atoms with Crippen LogP contribution in [-0.4, -0.2) is 143 Å². The number of hydrogen-bond donors (Lipinski definition) is 3. The molecule has 6 aliphatic rings. The van der Waals surface area contributed by atoms with Crippen LogP contribution in [0.2, 0.25) is 0 Å². The predicted molar refractivity (Wildman–Crippen MR) is 199 cm³/mol. The number of hydrogen-bond acceptors (Lipinski definition) is 13. The number of aromatic nitrogens is 2. The molecule has 0 saturated carbocycles. The van der Waals surface area contributed by atoms with E-state index in [0.29, 0.717) is 41.1 Å². The Bertz CT molecular complexity index is 1990. The molecule has 6 aliphatic heterocycles. The summed E-state index contributed by atoms with van der Waals surface area (Å²) in [6.45, 7) is 9.00. The van der Waals surface area contributed by atoms with Crippen LogP contribution in [0.3, 0.4) is 0 Å². The van der Waals surface area contributed by atoms with Gasteiger partial charge in [0.05, 0.1) is 41.3 Å². The lowest BCUT2D eigenvalue weighted by atomic mass is 10.0. The van der Waals surface area contributed by atoms with Crippen molar-refractivity contribution in [3.63, 3.8) is 0 Å². The molecule has 4 saturated heterocycles. The van der Waals surface area contributed by atoms with Crippen molar-refractivity contribution in [1.82, 2.24) is 30.2 Å². The molecule has 0 bridgehead atoms. The molecule has 3 atom stereocenters. The van der Waals surface area contributed by atoms with Crippen molar-refractivity contribution in [1.29, 1.82) is 0 Å². The number of fused-ring (bicyclic) bond motifs is 4. The Labute approximate surface area is 313 Å². The minimum atomic E-state index is -0.967. The third kappa shape index (κ3) is 6.43. The van der Waals surface area contributed by atoms with Crippen LogP contribution in [0.25, 0.3) is 11.3 Å². The molecule has 4 fully saturated rings. The Morgan fingerprint density at radius 2 is 1.65 bits per heavy atom. The highest BCUT2D eigenvalue weighted by molar-refractivity contribution is 6.23. The zero-order valence-corrected chi connectivity index (χ0v) is 30.2. The number of nitrogens with one attached hydrogen (secondary N) is 2. The van der Waals surface area contributed by atoms with Crippen LogP contribution in [-0.2, 0) is 14.3 Å². The number of amides is 4. The quantitative estimate of drug-likeness (QED) is 0.288. The molecule has 1 aromatic heterocycles. The first kappa shape index (κ1) is 34.6. The minimum Gasteiger partial charge on any atom is -0.507 e. The molecule has 2 aromatic carbocycles. The van der Waals surface area contributed by atoms with E-state index < -0.39 is 23.8 Å². The van der Waals surface area contributed by atoms with Crippen molar-refractivity contribution in [2.45, 2.75) is 56.3 Å². The fourth-order valence-corrected chi connectivity index (χ4v) is 9.06. The molecule has 0 aliphatic carbocycles. The lowest BCUT2D eigenvalue weighted by Gasteiger charge is -2.47. The molecule has 54 heavy (non-hydrogen) atoms. The number of ether oxygens (including phenoxy) is 1. The summed E-state index contributed by atoms with van der Waals surface area (Å²) < 4.78 is 6.38. The SMILES string of the molecule is O=C1CCC(N2C(=O)c3ccc(N4CCC(OCCN5CCC(N6CCN7c8cc(-c9ccccc9O)nnc8NCC7C6)C5)CC4)cc3C2=O)C(=O)N1. The number of piperazine rings is 1. The number of phenolic OH excluding ortho intramolecular Hbond substituents is 1. The number of para-hydroxylation sites is 1. The summed E-state index contributed by atoms with van der Waals surface area (Å²) >= 11 is 0. The average Bonchev–Trinajstić information content (AvgIpc) is 3.76. The Balaban J connectivity index is 0.727. The van der Waals surface area contributed by atoms with E-state index in [2.05, 4.69) is 40.4 Å². The highest BCUT2D eigenvalue weighted by Gasteiger charge is 2.45. The number of anilines is 3. The summed E-state index contributed by atoms with van der Waals surface area (Å²) in [5, 5.41) is 25.0. The van der Waals surface area contributed by atoms with Crippen LogP contribution in [0.4, 0.5) is 17.2 Å². The zero-order chi connectivity index (χ0) is 36.9. The molecule has 7 heterocycles. The van der Waals surface area contributed by atoms with E-state index in [0.717, 1.165) is 100 Å². The first-order valence-corrected chi connectivity index (χ1v) is 19.2. The van der Waals surface area contributed by atoms with Crippen LogP contribution < -0.4 is 20.4 Å². The Morgan fingerprint density at radius 1 is 0.815 bits per heavy atom. The highest BCUT2D eigenvalue weighted by Crippen LogP contribution is 2.37. The van der Waals surface area contributed by atoms with Gasteiger partial charge in [-0.3, -0.25) is 39.2 Å². The maximum absolute atomic E-state index is 13.3. The van der Waals surface area contributed by atoms with Crippen molar-refractivity contribution in [2.24, 2.45) is 0 Å². The van der Waals surface area contributed by atoms with Gasteiger partial charge in [-0.15, -0.1) is 10.2 Å². The van der Waals surface area contributed by atoms with E-state index in [9.17, 15) is 24.3 Å². The van der Waals surface area contributed by atoms with Crippen LogP contribution >= 0.6 is 0 Å². The molecule has 0 radical (unpaired) electrons. The van der Waals surface area contributed by atoms with Crippen molar-refractivity contribution < 1.29 is 29.0 Å². The lowest BCUT2D eigenvalue weighted by Crippen LogP contribution is -2.60. The van der Waals surface area contributed by atoms with Crippen molar-refractivity contribution in [3.8, 4) is 17.0 Å². The first-order valence-electron chi connectivity index (χ1n) is 19.2. The fourth-order valence-electron chi connectivity index (χ4n) is 9.06. The second-order valence-corrected chi connectivity index (χ2v) is 15.2. The number of phenols is 1. The van der Waals surface area contributed by atoms with Crippen LogP contribution in [0.1, 0.15) is 52.8 Å². The van der Waals surface area contributed by atoms with E-state index in [1.807, 2.05) is 30.3 Å². The van der Waals surface area contributed by atoms with Gasteiger partial charge in [-0.05, 0) is 68.6 Å². The van der Waals surface area contributed by atoms with Gasteiger partial charge < -0.3 is 25.0 Å². The Hall–Kier alpha value is -5.12. The fraction of sp³-hybridized carbons (Fsp3) is 0.487. The lowest BCUT2D eigenvalue weighted by molar-refractivity contribution is -0.136. The smallest absolute Gasteiger partial charge is 0.262 e. The Kier molecular flexibility index (Phi) is 9.15. The van der Waals surface area contributed by atoms with E-state index in [1.165, 1.54) is 0 Å². The van der Waals surface area contributed by atoms with Crippen LogP contribution in [0.15, 0.2) is 48.5 Å². The monoisotopic (exact) mass is 735 g/mol. The minimum absolute atomic E-state index is 0.0966. The summed E-state index contributed by atoms with van der Waals surface area (Å²) in [6.07, 6.45) is 3.31. The van der Waals surface area contributed by atoms with Crippen molar-refractivity contribution >= 4 is 40.8 Å². The molecule has 9 rings (SSSR count). The number of carbonyl (C=O) groups excluding carboxylic acids is 4. The number of benzene rings is 2. The van der Waals surface area contributed by atoms with Gasteiger partial charge in [-0.1, -0.05) is 12.1 Å². The van der Waals surface area contributed by atoms with Gasteiger partial charge in [-0.25, -0.2) is 0 Å². The van der Waals surface area contributed by atoms with Crippen LogP contribution in [0, 0.1) is 0 Å². The highest BCUT2D eigenvalue weighted by atomic mass is 16.5. The summed E-state index contributed by atoms with van der Waals surface area (Å²) in [4.78, 5) is 61.3. The number of piperidine rings is 2. The van der Waals surface area contributed by atoms with Gasteiger partial charge in [0.2, 0.25) is 11.8 Å². The molecule has 282 valence electrons. The molecule has 15 heteroatoms. The van der Waals surface area contributed by atoms with Gasteiger partial charge in [0.1, 0.15) is 11.8 Å². The summed E-state index contributed by atoms with van der Waals surface area (Å²) in [5.41, 5.74) is 3.89. The van der Waals surface area contributed by atoms with Crippen molar-refractivity contribution in [3.05, 3.63) is 59.7 Å². The summed E-state index contributed by atoms with van der Waals surface area (Å²) in [5.74, 6) is -0.959. The average molecular weight is 736 g/mol. The number of rotatable bonds is 8. The second kappa shape index (κ2) is 14.3. The first-order chi connectivity index (χ1) is 26.3. The summed E-state index contributed by atoms with van der Waals surface area (Å²) in [6, 6.07) is 14.5. The largest absolute Gasteiger partial charge is 0.507 e. The van der Waals surface area contributed by atoms with Gasteiger partial charge in [0.25, 0.3) is 11.8 Å². The predicted octanol–water partition coefficient (Wildman–Crippen LogP) is 1.93. The number of carbonyl (C=O) groups is 4. The third-order valence-electron chi connectivity index (χ3n) is 12.0. The van der Waals surface area contributed by atoms with E-state index in [4.69, 9.17) is 4.74 Å². The molecular formula is C39H45N9O6. The van der Waals surface area contributed by atoms with Gasteiger partial charge in [0.15, 0.2) is 5.82 Å². The van der Waals surface area contributed by atoms with Crippen molar-refractivity contribution in [2.75, 3.05) is 80.6 Å².